The van der Waals surface area contributed by atoms with Crippen LogP contribution in [0.5, 0.6) is 5.75 Å². The van der Waals surface area contributed by atoms with E-state index in [0.29, 0.717) is 12.1 Å². The number of amides is 1. The summed E-state index contributed by atoms with van der Waals surface area (Å²) in [6.45, 7) is 0.353. The molecule has 0 aliphatic carbocycles. The summed E-state index contributed by atoms with van der Waals surface area (Å²) in [7, 11) is 1.65. The molecule has 0 atom stereocenters. The molecular formula is C14H12Cl2N2O2. The molecule has 1 N–H and O–H groups in total. The molecule has 0 radical (unpaired) electrons. The number of carbonyl (C=O) groups is 1. The van der Waals surface area contributed by atoms with Crippen LogP contribution in [0, 0.1) is 0 Å². The number of rotatable bonds is 3. The van der Waals surface area contributed by atoms with Crippen molar-refractivity contribution >= 4 is 29.1 Å². The predicted molar refractivity (Wildman–Crippen MR) is 78.2 cm³/mol. The van der Waals surface area contributed by atoms with Crippen LogP contribution in [0.4, 0.5) is 0 Å². The SMILES string of the molecule is CN(Cc1cccc(O)c1)C(=O)c1ccc(Cl)nc1Cl. The van der Waals surface area contributed by atoms with Gasteiger partial charge in [-0.25, -0.2) is 4.98 Å². The van der Waals surface area contributed by atoms with E-state index < -0.39 is 0 Å². The van der Waals surface area contributed by atoms with E-state index in [9.17, 15) is 9.90 Å². The van der Waals surface area contributed by atoms with Crippen molar-refractivity contribution in [2.75, 3.05) is 7.05 Å². The van der Waals surface area contributed by atoms with Gasteiger partial charge in [-0.05, 0) is 29.8 Å². The predicted octanol–water partition coefficient (Wildman–Crippen LogP) is 3.37. The summed E-state index contributed by atoms with van der Waals surface area (Å²) in [6.07, 6.45) is 0. The smallest absolute Gasteiger partial charge is 0.257 e. The number of hydrogen-bond donors (Lipinski definition) is 1. The summed E-state index contributed by atoms with van der Waals surface area (Å²) in [6, 6.07) is 9.78. The molecule has 0 unspecified atom stereocenters. The number of aromatic nitrogens is 1. The number of benzene rings is 1. The Morgan fingerprint density at radius 3 is 2.70 bits per heavy atom. The fraction of sp³-hybridized carbons (Fsp3) is 0.143. The van der Waals surface area contributed by atoms with Gasteiger partial charge in [-0.3, -0.25) is 4.79 Å². The number of phenolic OH excluding ortho intramolecular Hbond substituents is 1. The Kier molecular flexibility index (Phi) is 4.47. The monoisotopic (exact) mass is 310 g/mol. The minimum atomic E-state index is -0.262. The minimum Gasteiger partial charge on any atom is -0.508 e. The highest BCUT2D eigenvalue weighted by molar-refractivity contribution is 6.34. The lowest BCUT2D eigenvalue weighted by Crippen LogP contribution is -2.26. The van der Waals surface area contributed by atoms with Gasteiger partial charge in [0.15, 0.2) is 0 Å². The second-order valence-corrected chi connectivity index (χ2v) is 5.05. The number of aromatic hydroxyl groups is 1. The molecule has 4 nitrogen and oxygen atoms in total. The van der Waals surface area contributed by atoms with Crippen molar-refractivity contribution in [3.63, 3.8) is 0 Å². The lowest BCUT2D eigenvalue weighted by Gasteiger charge is -2.18. The molecule has 0 saturated heterocycles. The Hall–Kier alpha value is -1.78. The zero-order chi connectivity index (χ0) is 14.7. The first kappa shape index (κ1) is 14.6. The first-order valence-electron chi connectivity index (χ1n) is 5.83. The molecule has 1 amide bonds. The first-order chi connectivity index (χ1) is 9.47. The van der Waals surface area contributed by atoms with Gasteiger partial charge in [0.25, 0.3) is 5.91 Å². The van der Waals surface area contributed by atoms with Gasteiger partial charge in [0.1, 0.15) is 16.1 Å². The summed E-state index contributed by atoms with van der Waals surface area (Å²) < 4.78 is 0. The lowest BCUT2D eigenvalue weighted by molar-refractivity contribution is 0.0784. The van der Waals surface area contributed by atoms with Crippen LogP contribution in [0.1, 0.15) is 15.9 Å². The van der Waals surface area contributed by atoms with E-state index in [1.54, 1.807) is 31.3 Å². The highest BCUT2D eigenvalue weighted by atomic mass is 35.5. The fourth-order valence-electron chi connectivity index (χ4n) is 1.78. The van der Waals surface area contributed by atoms with Gasteiger partial charge >= 0.3 is 0 Å². The van der Waals surface area contributed by atoms with Gasteiger partial charge in [-0.15, -0.1) is 0 Å². The molecule has 104 valence electrons. The number of carbonyl (C=O) groups excluding carboxylic acids is 1. The zero-order valence-electron chi connectivity index (χ0n) is 10.7. The molecule has 1 aromatic carbocycles. The van der Waals surface area contributed by atoms with Gasteiger partial charge < -0.3 is 10.0 Å². The molecule has 1 heterocycles. The molecule has 20 heavy (non-hydrogen) atoms. The highest BCUT2D eigenvalue weighted by Gasteiger charge is 2.16. The Morgan fingerprint density at radius 1 is 1.30 bits per heavy atom. The molecule has 2 aromatic rings. The highest BCUT2D eigenvalue weighted by Crippen LogP contribution is 2.19. The van der Waals surface area contributed by atoms with Crippen LogP contribution < -0.4 is 0 Å². The Labute approximate surface area is 126 Å². The van der Waals surface area contributed by atoms with E-state index in [4.69, 9.17) is 23.2 Å². The van der Waals surface area contributed by atoms with Crippen LogP contribution >= 0.6 is 23.2 Å². The summed E-state index contributed by atoms with van der Waals surface area (Å²) in [5.74, 6) is -0.1000. The van der Waals surface area contributed by atoms with Crippen LogP contribution in [0.3, 0.4) is 0 Å². The van der Waals surface area contributed by atoms with E-state index in [2.05, 4.69) is 4.98 Å². The Morgan fingerprint density at radius 2 is 2.05 bits per heavy atom. The van der Waals surface area contributed by atoms with Crippen LogP contribution in [0.2, 0.25) is 10.3 Å². The van der Waals surface area contributed by atoms with Crippen molar-refractivity contribution in [3.05, 3.63) is 57.8 Å². The summed E-state index contributed by atoms with van der Waals surface area (Å²) in [5.41, 5.74) is 1.11. The van der Waals surface area contributed by atoms with E-state index in [1.807, 2.05) is 6.07 Å². The summed E-state index contributed by atoms with van der Waals surface area (Å²) >= 11 is 11.6. The van der Waals surface area contributed by atoms with Crippen molar-refractivity contribution in [3.8, 4) is 5.75 Å². The molecule has 1 aromatic heterocycles. The molecule has 0 fully saturated rings. The van der Waals surface area contributed by atoms with E-state index in [0.717, 1.165) is 5.56 Å². The summed E-state index contributed by atoms with van der Waals surface area (Å²) in [5, 5.41) is 9.72. The third-order valence-electron chi connectivity index (χ3n) is 2.72. The number of halogens is 2. The van der Waals surface area contributed by atoms with Gasteiger partial charge in [0.05, 0.1) is 5.56 Å². The van der Waals surface area contributed by atoms with Gasteiger partial charge in [0, 0.05) is 13.6 Å². The van der Waals surface area contributed by atoms with Crippen LogP contribution in [0.15, 0.2) is 36.4 Å². The maximum Gasteiger partial charge on any atom is 0.257 e. The number of nitrogens with zero attached hydrogens (tertiary/aromatic N) is 2. The Balaban J connectivity index is 2.16. The molecule has 6 heteroatoms. The average Bonchev–Trinajstić information content (AvgIpc) is 2.38. The van der Waals surface area contributed by atoms with Crippen molar-refractivity contribution in [2.24, 2.45) is 0 Å². The largest absolute Gasteiger partial charge is 0.508 e. The molecule has 2 rings (SSSR count). The Bertz CT molecular complexity index is 647. The van der Waals surface area contributed by atoms with Crippen LogP contribution in [-0.4, -0.2) is 27.9 Å². The van der Waals surface area contributed by atoms with Gasteiger partial charge in [-0.2, -0.15) is 0 Å². The second-order valence-electron chi connectivity index (χ2n) is 4.30. The average molecular weight is 311 g/mol. The van der Waals surface area contributed by atoms with E-state index in [-0.39, 0.29) is 22.0 Å². The molecule has 0 spiro atoms. The van der Waals surface area contributed by atoms with E-state index in [1.165, 1.54) is 11.0 Å². The van der Waals surface area contributed by atoms with Gasteiger partial charge in [0.2, 0.25) is 0 Å². The standard InChI is InChI=1S/C14H12Cl2N2O2/c1-18(8-9-3-2-4-10(19)7-9)14(20)11-5-6-12(15)17-13(11)16/h2-7,19H,8H2,1H3. The van der Waals surface area contributed by atoms with E-state index >= 15 is 0 Å². The second kappa shape index (κ2) is 6.11. The van der Waals surface area contributed by atoms with Crippen LogP contribution in [-0.2, 0) is 6.54 Å². The van der Waals surface area contributed by atoms with Crippen molar-refractivity contribution in [1.29, 1.82) is 0 Å². The quantitative estimate of drug-likeness (QED) is 0.884. The lowest BCUT2D eigenvalue weighted by atomic mass is 10.2. The van der Waals surface area contributed by atoms with Crippen LogP contribution in [0.25, 0.3) is 0 Å². The molecular weight excluding hydrogens is 299 g/mol. The molecule has 0 aliphatic heterocycles. The fourth-order valence-corrected chi connectivity index (χ4v) is 2.20. The third kappa shape index (κ3) is 3.40. The number of hydrogen-bond acceptors (Lipinski definition) is 3. The van der Waals surface area contributed by atoms with Crippen molar-refractivity contribution < 1.29 is 9.90 Å². The first-order valence-corrected chi connectivity index (χ1v) is 6.58. The number of phenols is 1. The third-order valence-corrected chi connectivity index (χ3v) is 3.22. The normalized spacial score (nSPS) is 10.3. The zero-order valence-corrected chi connectivity index (χ0v) is 12.2. The minimum absolute atomic E-state index is 0.0743. The van der Waals surface area contributed by atoms with Crippen molar-refractivity contribution in [2.45, 2.75) is 6.54 Å². The molecule has 0 bridgehead atoms. The summed E-state index contributed by atoms with van der Waals surface area (Å²) in [4.78, 5) is 17.6. The molecule has 0 saturated carbocycles. The topological polar surface area (TPSA) is 53.4 Å². The number of pyridine rings is 1. The maximum absolute atomic E-state index is 12.3. The van der Waals surface area contributed by atoms with Gasteiger partial charge in [-0.1, -0.05) is 35.3 Å². The van der Waals surface area contributed by atoms with Crippen molar-refractivity contribution in [1.82, 2.24) is 9.88 Å². The maximum atomic E-state index is 12.3. The molecule has 0 aliphatic rings.